The molecule has 3 nitrogen and oxygen atoms in total. The van der Waals surface area contributed by atoms with Crippen molar-refractivity contribution in [2.75, 3.05) is 6.61 Å². The Hall–Kier alpha value is -0.570. The zero-order chi connectivity index (χ0) is 9.40. The standard InChI is InChI=1S/C8H13ClO3/c1-2-12-8(11)5-3-4-7(9)6-10/h6-7H,2-5H2,1H3/t7-/m1/s1. The fourth-order valence-electron chi connectivity index (χ4n) is 0.743. The topological polar surface area (TPSA) is 43.4 Å². The second kappa shape index (κ2) is 7.10. The van der Waals surface area contributed by atoms with Gasteiger partial charge >= 0.3 is 5.97 Å². The molecule has 0 aliphatic carbocycles. The summed E-state index contributed by atoms with van der Waals surface area (Å²) in [7, 11) is 0. The van der Waals surface area contributed by atoms with Crippen LogP contribution in [0.4, 0.5) is 0 Å². The summed E-state index contributed by atoms with van der Waals surface area (Å²) in [6.07, 6.45) is 2.15. The first-order chi connectivity index (χ1) is 5.70. The lowest BCUT2D eigenvalue weighted by atomic mass is 10.2. The Morgan fingerprint density at radius 2 is 2.33 bits per heavy atom. The number of aldehydes is 1. The van der Waals surface area contributed by atoms with Crippen molar-refractivity contribution in [3.05, 3.63) is 0 Å². The first-order valence-electron chi connectivity index (χ1n) is 3.95. The van der Waals surface area contributed by atoms with Crippen LogP contribution in [-0.2, 0) is 14.3 Å². The van der Waals surface area contributed by atoms with Gasteiger partial charge in [0.15, 0.2) is 0 Å². The molecule has 0 fully saturated rings. The van der Waals surface area contributed by atoms with Crippen molar-refractivity contribution >= 4 is 23.9 Å². The molecule has 0 spiro atoms. The Kier molecular flexibility index (Phi) is 6.76. The number of carbonyl (C=O) groups is 2. The van der Waals surface area contributed by atoms with E-state index in [0.717, 1.165) is 0 Å². The maximum atomic E-state index is 10.8. The fraction of sp³-hybridized carbons (Fsp3) is 0.750. The van der Waals surface area contributed by atoms with Crippen molar-refractivity contribution < 1.29 is 14.3 Å². The van der Waals surface area contributed by atoms with Crippen LogP contribution in [0.15, 0.2) is 0 Å². The van der Waals surface area contributed by atoms with Crippen LogP contribution < -0.4 is 0 Å². The molecule has 0 saturated heterocycles. The van der Waals surface area contributed by atoms with Crippen LogP contribution in [-0.4, -0.2) is 24.2 Å². The summed E-state index contributed by atoms with van der Waals surface area (Å²) in [5.41, 5.74) is 0. The van der Waals surface area contributed by atoms with E-state index in [1.807, 2.05) is 0 Å². The van der Waals surface area contributed by atoms with Crippen molar-refractivity contribution in [1.82, 2.24) is 0 Å². The molecule has 0 saturated carbocycles. The predicted octanol–water partition coefficient (Wildman–Crippen LogP) is 1.53. The third-order valence-electron chi connectivity index (χ3n) is 1.31. The molecule has 70 valence electrons. The van der Waals surface area contributed by atoms with E-state index in [4.69, 9.17) is 11.6 Å². The molecule has 0 aliphatic heterocycles. The van der Waals surface area contributed by atoms with E-state index >= 15 is 0 Å². The number of carbonyl (C=O) groups excluding carboxylic acids is 2. The Morgan fingerprint density at radius 3 is 2.83 bits per heavy atom. The van der Waals surface area contributed by atoms with Gasteiger partial charge in [0, 0.05) is 6.42 Å². The largest absolute Gasteiger partial charge is 0.466 e. The highest BCUT2D eigenvalue weighted by molar-refractivity contribution is 6.27. The van der Waals surface area contributed by atoms with Gasteiger partial charge in [0.1, 0.15) is 6.29 Å². The summed E-state index contributed by atoms with van der Waals surface area (Å²) in [4.78, 5) is 20.8. The molecule has 0 bridgehead atoms. The number of alkyl halides is 1. The van der Waals surface area contributed by atoms with Crippen LogP contribution in [0.3, 0.4) is 0 Å². The zero-order valence-corrected chi connectivity index (χ0v) is 7.84. The van der Waals surface area contributed by atoms with Crippen LogP contribution >= 0.6 is 11.6 Å². The van der Waals surface area contributed by atoms with Gasteiger partial charge in [-0.25, -0.2) is 0 Å². The van der Waals surface area contributed by atoms with Gasteiger partial charge in [0.25, 0.3) is 0 Å². The van der Waals surface area contributed by atoms with Gasteiger partial charge in [-0.3, -0.25) is 4.79 Å². The summed E-state index contributed by atoms with van der Waals surface area (Å²) in [6, 6.07) is 0. The molecule has 0 rings (SSSR count). The Bertz CT molecular complexity index is 147. The first-order valence-corrected chi connectivity index (χ1v) is 4.39. The number of hydrogen-bond donors (Lipinski definition) is 0. The molecule has 4 heteroatoms. The molecule has 0 N–H and O–H groups in total. The van der Waals surface area contributed by atoms with Crippen molar-refractivity contribution in [2.45, 2.75) is 31.6 Å². The van der Waals surface area contributed by atoms with Crippen molar-refractivity contribution in [3.8, 4) is 0 Å². The molecule has 0 aromatic heterocycles. The molecule has 1 atom stereocenters. The van der Waals surface area contributed by atoms with Gasteiger partial charge in [-0.2, -0.15) is 0 Å². The molecular formula is C8H13ClO3. The highest BCUT2D eigenvalue weighted by atomic mass is 35.5. The number of ether oxygens (including phenoxy) is 1. The van der Waals surface area contributed by atoms with Gasteiger partial charge < -0.3 is 9.53 Å². The Balaban J connectivity index is 3.30. The van der Waals surface area contributed by atoms with Gasteiger partial charge in [0.05, 0.1) is 12.0 Å². The van der Waals surface area contributed by atoms with E-state index in [2.05, 4.69) is 4.74 Å². The van der Waals surface area contributed by atoms with Crippen LogP contribution in [0.1, 0.15) is 26.2 Å². The minimum Gasteiger partial charge on any atom is -0.466 e. The van der Waals surface area contributed by atoms with Gasteiger partial charge in [-0.1, -0.05) is 0 Å². The van der Waals surface area contributed by atoms with E-state index < -0.39 is 5.38 Å². The van der Waals surface area contributed by atoms with Gasteiger partial charge in [-0.05, 0) is 19.8 Å². The lowest BCUT2D eigenvalue weighted by molar-refractivity contribution is -0.143. The van der Waals surface area contributed by atoms with Gasteiger partial charge in [-0.15, -0.1) is 11.6 Å². The third kappa shape index (κ3) is 6.16. The summed E-state index contributed by atoms with van der Waals surface area (Å²) >= 11 is 5.51. The second-order valence-corrected chi connectivity index (χ2v) is 2.91. The third-order valence-corrected chi connectivity index (χ3v) is 1.63. The highest BCUT2D eigenvalue weighted by Gasteiger charge is 2.05. The summed E-state index contributed by atoms with van der Waals surface area (Å²) in [5.74, 6) is -0.229. The average Bonchev–Trinajstić information content (AvgIpc) is 2.04. The lowest BCUT2D eigenvalue weighted by Gasteiger charge is -2.01. The van der Waals surface area contributed by atoms with E-state index in [1.54, 1.807) is 6.92 Å². The zero-order valence-electron chi connectivity index (χ0n) is 7.09. The maximum Gasteiger partial charge on any atom is 0.305 e. The number of esters is 1. The van der Waals surface area contributed by atoms with Crippen LogP contribution in [0.2, 0.25) is 0 Å². The van der Waals surface area contributed by atoms with Crippen molar-refractivity contribution in [3.63, 3.8) is 0 Å². The minimum atomic E-state index is -0.473. The molecule has 0 aromatic carbocycles. The molecule has 12 heavy (non-hydrogen) atoms. The van der Waals surface area contributed by atoms with E-state index in [-0.39, 0.29) is 5.97 Å². The van der Waals surface area contributed by atoms with E-state index in [1.165, 1.54) is 0 Å². The van der Waals surface area contributed by atoms with E-state index in [9.17, 15) is 9.59 Å². The second-order valence-electron chi connectivity index (χ2n) is 2.35. The van der Waals surface area contributed by atoms with Gasteiger partial charge in [0.2, 0.25) is 0 Å². The summed E-state index contributed by atoms with van der Waals surface area (Å²) < 4.78 is 4.69. The maximum absolute atomic E-state index is 10.8. The highest BCUT2D eigenvalue weighted by Crippen LogP contribution is 2.05. The Labute approximate surface area is 77.0 Å². The summed E-state index contributed by atoms with van der Waals surface area (Å²) in [6.45, 7) is 2.16. The predicted molar refractivity (Wildman–Crippen MR) is 46.2 cm³/mol. The summed E-state index contributed by atoms with van der Waals surface area (Å²) in [5, 5.41) is -0.473. The monoisotopic (exact) mass is 192 g/mol. The van der Waals surface area contributed by atoms with Crippen LogP contribution in [0.25, 0.3) is 0 Å². The first kappa shape index (κ1) is 11.4. The Morgan fingerprint density at radius 1 is 1.67 bits per heavy atom. The number of rotatable bonds is 6. The fourth-order valence-corrected chi connectivity index (χ4v) is 0.897. The SMILES string of the molecule is CCOC(=O)CCC[C@@H](Cl)C=O. The van der Waals surface area contributed by atoms with Crippen molar-refractivity contribution in [2.24, 2.45) is 0 Å². The van der Waals surface area contributed by atoms with Crippen molar-refractivity contribution in [1.29, 1.82) is 0 Å². The molecule has 0 heterocycles. The smallest absolute Gasteiger partial charge is 0.305 e. The minimum absolute atomic E-state index is 0.229. The lowest BCUT2D eigenvalue weighted by Crippen LogP contribution is -2.06. The number of hydrogen-bond acceptors (Lipinski definition) is 3. The van der Waals surface area contributed by atoms with Crippen LogP contribution in [0, 0.1) is 0 Å². The average molecular weight is 193 g/mol. The molecular weight excluding hydrogens is 180 g/mol. The molecule has 0 radical (unpaired) electrons. The molecule has 0 aromatic rings. The molecule has 0 unspecified atom stereocenters. The van der Waals surface area contributed by atoms with E-state index in [0.29, 0.717) is 32.2 Å². The molecule has 0 amide bonds. The van der Waals surface area contributed by atoms with Crippen LogP contribution in [0.5, 0.6) is 0 Å². The quantitative estimate of drug-likeness (QED) is 0.364. The molecule has 0 aliphatic rings. The number of halogens is 1. The normalized spacial score (nSPS) is 12.2.